The molecule has 1 aliphatic rings. The average molecular weight is 237 g/mol. The molecule has 0 saturated heterocycles. The molecule has 2 atom stereocenters. The molecule has 0 aromatic carbocycles. The van der Waals surface area contributed by atoms with Crippen molar-refractivity contribution in [2.45, 2.75) is 51.5 Å². The lowest BCUT2D eigenvalue weighted by Gasteiger charge is -2.29. The fourth-order valence-electron chi connectivity index (χ4n) is 2.72. The van der Waals surface area contributed by atoms with E-state index in [9.17, 15) is 9.90 Å². The molecule has 0 amide bonds. The Morgan fingerprint density at radius 1 is 1.53 bits per heavy atom. The van der Waals surface area contributed by atoms with Crippen LogP contribution in [0.2, 0.25) is 0 Å². The normalized spacial score (nSPS) is 29.6. The first kappa shape index (κ1) is 14.1. The molecule has 0 aromatic heterocycles. The van der Waals surface area contributed by atoms with Crippen molar-refractivity contribution in [2.75, 3.05) is 6.54 Å². The summed E-state index contributed by atoms with van der Waals surface area (Å²) < 4.78 is 0. The second kappa shape index (κ2) is 6.07. The summed E-state index contributed by atoms with van der Waals surface area (Å²) in [6, 6.07) is 0. The van der Waals surface area contributed by atoms with Crippen molar-refractivity contribution in [1.82, 2.24) is 5.32 Å². The van der Waals surface area contributed by atoms with Crippen molar-refractivity contribution >= 4 is 5.97 Å². The summed E-state index contributed by atoms with van der Waals surface area (Å²) in [5.74, 6) is 3.00. The zero-order valence-electron chi connectivity index (χ0n) is 10.8. The Kier molecular flexibility index (Phi) is 5.02. The number of hydrogen-bond donors (Lipinski definition) is 2. The first-order chi connectivity index (χ1) is 8.02. The molecule has 0 spiro atoms. The van der Waals surface area contributed by atoms with E-state index in [0.717, 1.165) is 19.3 Å². The second-order valence-corrected chi connectivity index (χ2v) is 5.38. The first-order valence-electron chi connectivity index (χ1n) is 6.44. The molecule has 3 heteroatoms. The SMILES string of the molecule is C#CCNC1(C(=O)O)CCCC(C(C)C)CC1. The molecular weight excluding hydrogens is 214 g/mol. The van der Waals surface area contributed by atoms with Crippen LogP contribution in [0.1, 0.15) is 46.0 Å². The van der Waals surface area contributed by atoms with Gasteiger partial charge in [0.05, 0.1) is 6.54 Å². The lowest BCUT2D eigenvalue weighted by Crippen LogP contribution is -2.52. The Labute approximate surface area is 104 Å². The fourth-order valence-corrected chi connectivity index (χ4v) is 2.72. The summed E-state index contributed by atoms with van der Waals surface area (Å²) in [6.45, 7) is 4.76. The highest BCUT2D eigenvalue weighted by molar-refractivity contribution is 5.78. The fraction of sp³-hybridized carbons (Fsp3) is 0.786. The lowest BCUT2D eigenvalue weighted by molar-refractivity contribution is -0.145. The quantitative estimate of drug-likeness (QED) is 0.582. The number of nitrogens with one attached hydrogen (secondary N) is 1. The Bertz CT molecular complexity index is 306. The van der Waals surface area contributed by atoms with E-state index in [1.54, 1.807) is 0 Å². The van der Waals surface area contributed by atoms with E-state index in [4.69, 9.17) is 6.42 Å². The highest BCUT2D eigenvalue weighted by Gasteiger charge is 2.39. The number of aliphatic carboxylic acids is 1. The minimum absolute atomic E-state index is 0.332. The van der Waals surface area contributed by atoms with Gasteiger partial charge in [-0.2, -0.15) is 0 Å². The lowest BCUT2D eigenvalue weighted by atomic mass is 9.86. The Morgan fingerprint density at radius 3 is 2.76 bits per heavy atom. The van der Waals surface area contributed by atoms with Crippen molar-refractivity contribution < 1.29 is 9.90 Å². The predicted octanol–water partition coefficient (Wildman–Crippen LogP) is 2.27. The molecule has 17 heavy (non-hydrogen) atoms. The van der Waals surface area contributed by atoms with Gasteiger partial charge in [0, 0.05) is 0 Å². The summed E-state index contributed by atoms with van der Waals surface area (Å²) in [4.78, 5) is 11.5. The maximum atomic E-state index is 11.5. The van der Waals surface area contributed by atoms with Gasteiger partial charge in [0.1, 0.15) is 5.54 Å². The first-order valence-corrected chi connectivity index (χ1v) is 6.44. The van der Waals surface area contributed by atoms with Crippen molar-refractivity contribution in [2.24, 2.45) is 11.8 Å². The van der Waals surface area contributed by atoms with Gasteiger partial charge in [-0.15, -0.1) is 6.42 Å². The van der Waals surface area contributed by atoms with Gasteiger partial charge in [0.25, 0.3) is 0 Å². The molecule has 96 valence electrons. The van der Waals surface area contributed by atoms with Gasteiger partial charge >= 0.3 is 5.97 Å². The van der Waals surface area contributed by atoms with Crippen molar-refractivity contribution in [3.8, 4) is 12.3 Å². The Hall–Kier alpha value is -1.01. The largest absolute Gasteiger partial charge is 0.480 e. The molecule has 2 unspecified atom stereocenters. The van der Waals surface area contributed by atoms with Crippen LogP contribution in [0.25, 0.3) is 0 Å². The Balaban J connectivity index is 2.73. The molecule has 0 aliphatic heterocycles. The van der Waals surface area contributed by atoms with Crippen LogP contribution in [0, 0.1) is 24.2 Å². The molecule has 0 bridgehead atoms. The van der Waals surface area contributed by atoms with E-state index in [1.807, 2.05) is 0 Å². The molecule has 3 nitrogen and oxygen atoms in total. The minimum atomic E-state index is -0.796. The van der Waals surface area contributed by atoms with Crippen LogP contribution in [0.15, 0.2) is 0 Å². The third-order valence-corrected chi connectivity index (χ3v) is 4.00. The number of rotatable bonds is 4. The molecular formula is C14H23NO2. The summed E-state index contributed by atoms with van der Waals surface area (Å²) in [6.07, 6.45) is 9.66. The molecule has 1 rings (SSSR count). The summed E-state index contributed by atoms with van der Waals surface area (Å²) in [5.41, 5.74) is -0.796. The molecule has 1 aliphatic carbocycles. The highest BCUT2D eigenvalue weighted by Crippen LogP contribution is 2.34. The minimum Gasteiger partial charge on any atom is -0.480 e. The van der Waals surface area contributed by atoms with Gasteiger partial charge < -0.3 is 5.11 Å². The zero-order chi connectivity index (χ0) is 12.9. The second-order valence-electron chi connectivity index (χ2n) is 5.38. The van der Waals surface area contributed by atoms with E-state index >= 15 is 0 Å². The topological polar surface area (TPSA) is 49.3 Å². The van der Waals surface area contributed by atoms with Crippen molar-refractivity contribution in [1.29, 1.82) is 0 Å². The van der Waals surface area contributed by atoms with Crippen LogP contribution in [0.5, 0.6) is 0 Å². The molecule has 0 radical (unpaired) electrons. The Morgan fingerprint density at radius 2 is 2.24 bits per heavy atom. The standard InChI is InChI=1S/C14H23NO2/c1-4-10-15-14(13(16)17)8-5-6-12(7-9-14)11(2)3/h1,11-12,15H,5-10H2,2-3H3,(H,16,17). The van der Waals surface area contributed by atoms with Crippen molar-refractivity contribution in [3.63, 3.8) is 0 Å². The molecule has 0 aromatic rings. The smallest absolute Gasteiger partial charge is 0.323 e. The number of carboxylic acids is 1. The molecule has 1 saturated carbocycles. The maximum absolute atomic E-state index is 11.5. The van der Waals surface area contributed by atoms with Crippen molar-refractivity contribution in [3.05, 3.63) is 0 Å². The van der Waals surface area contributed by atoms with Crippen LogP contribution in [-0.4, -0.2) is 23.2 Å². The molecule has 2 N–H and O–H groups in total. The average Bonchev–Trinajstić information content (AvgIpc) is 2.49. The number of hydrogen-bond acceptors (Lipinski definition) is 2. The number of carbonyl (C=O) groups is 1. The highest BCUT2D eigenvalue weighted by atomic mass is 16.4. The summed E-state index contributed by atoms with van der Waals surface area (Å²) >= 11 is 0. The van der Waals surface area contributed by atoms with Crippen LogP contribution < -0.4 is 5.32 Å². The predicted molar refractivity (Wildman–Crippen MR) is 68.6 cm³/mol. The zero-order valence-corrected chi connectivity index (χ0v) is 10.8. The van der Waals surface area contributed by atoms with E-state index in [2.05, 4.69) is 25.1 Å². The van der Waals surface area contributed by atoms with Crippen LogP contribution in [0.3, 0.4) is 0 Å². The van der Waals surface area contributed by atoms with Crippen LogP contribution >= 0.6 is 0 Å². The monoisotopic (exact) mass is 237 g/mol. The third kappa shape index (κ3) is 3.47. The molecule has 1 fully saturated rings. The van der Waals surface area contributed by atoms with Gasteiger partial charge in [-0.25, -0.2) is 0 Å². The van der Waals surface area contributed by atoms with E-state index < -0.39 is 11.5 Å². The van der Waals surface area contributed by atoms with Gasteiger partial charge in [-0.05, 0) is 31.1 Å². The summed E-state index contributed by atoms with van der Waals surface area (Å²) in [5, 5.41) is 12.5. The molecule has 0 heterocycles. The summed E-state index contributed by atoms with van der Waals surface area (Å²) in [7, 11) is 0. The van der Waals surface area contributed by atoms with Gasteiger partial charge in [-0.1, -0.05) is 32.6 Å². The third-order valence-electron chi connectivity index (χ3n) is 4.00. The van der Waals surface area contributed by atoms with E-state index in [0.29, 0.717) is 31.2 Å². The van der Waals surface area contributed by atoms with Gasteiger partial charge in [0.15, 0.2) is 0 Å². The van der Waals surface area contributed by atoms with Gasteiger partial charge in [0.2, 0.25) is 0 Å². The maximum Gasteiger partial charge on any atom is 0.323 e. The van der Waals surface area contributed by atoms with Crippen LogP contribution in [-0.2, 0) is 4.79 Å². The van der Waals surface area contributed by atoms with E-state index in [-0.39, 0.29) is 0 Å². The number of terminal acetylenes is 1. The van der Waals surface area contributed by atoms with Crippen LogP contribution in [0.4, 0.5) is 0 Å². The van der Waals surface area contributed by atoms with E-state index in [1.165, 1.54) is 0 Å². The van der Waals surface area contributed by atoms with Gasteiger partial charge in [-0.3, -0.25) is 10.1 Å². The number of carboxylic acid groups (broad SMARTS) is 1.